The van der Waals surface area contributed by atoms with Crippen molar-refractivity contribution in [2.24, 2.45) is 0 Å². The normalized spacial score (nSPS) is 10.5. The van der Waals surface area contributed by atoms with Crippen molar-refractivity contribution in [3.8, 4) is 11.3 Å². The number of alkyl halides is 1. The maximum Gasteiger partial charge on any atom is 0.277 e. The van der Waals surface area contributed by atoms with Crippen LogP contribution < -0.4 is 5.56 Å². The SMILES string of the molecule is O=c1c(-c2ccccc2)nccn1CCCCCl. The van der Waals surface area contributed by atoms with Gasteiger partial charge in [0.1, 0.15) is 5.69 Å². The van der Waals surface area contributed by atoms with Gasteiger partial charge in [0.25, 0.3) is 5.56 Å². The zero-order chi connectivity index (χ0) is 12.8. The van der Waals surface area contributed by atoms with E-state index in [0.717, 1.165) is 18.4 Å². The summed E-state index contributed by atoms with van der Waals surface area (Å²) >= 11 is 5.63. The van der Waals surface area contributed by atoms with Crippen LogP contribution in [0.1, 0.15) is 12.8 Å². The van der Waals surface area contributed by atoms with Gasteiger partial charge in [0.05, 0.1) is 0 Å². The molecule has 0 saturated heterocycles. The van der Waals surface area contributed by atoms with E-state index < -0.39 is 0 Å². The second-order valence-electron chi connectivity index (χ2n) is 4.04. The van der Waals surface area contributed by atoms with Crippen LogP contribution >= 0.6 is 11.6 Å². The third-order valence-corrected chi connectivity index (χ3v) is 3.01. The fraction of sp³-hybridized carbons (Fsp3) is 0.286. The molecule has 2 rings (SSSR count). The monoisotopic (exact) mass is 262 g/mol. The smallest absolute Gasteiger partial charge is 0.277 e. The highest BCUT2D eigenvalue weighted by Gasteiger charge is 2.06. The van der Waals surface area contributed by atoms with Crippen LogP contribution in [-0.4, -0.2) is 15.4 Å². The quantitative estimate of drug-likeness (QED) is 0.613. The lowest BCUT2D eigenvalue weighted by atomic mass is 10.1. The molecule has 0 bridgehead atoms. The Bertz CT molecular complexity index is 551. The van der Waals surface area contributed by atoms with Crippen LogP contribution in [0.25, 0.3) is 11.3 Å². The van der Waals surface area contributed by atoms with Gasteiger partial charge in [0, 0.05) is 30.4 Å². The molecule has 18 heavy (non-hydrogen) atoms. The third kappa shape index (κ3) is 2.99. The van der Waals surface area contributed by atoms with E-state index >= 15 is 0 Å². The molecule has 1 aromatic carbocycles. The molecule has 2 aromatic rings. The topological polar surface area (TPSA) is 34.9 Å². The first-order valence-corrected chi connectivity index (χ1v) is 6.53. The van der Waals surface area contributed by atoms with Gasteiger partial charge in [-0.05, 0) is 12.8 Å². The summed E-state index contributed by atoms with van der Waals surface area (Å²) in [6.45, 7) is 0.688. The van der Waals surface area contributed by atoms with Gasteiger partial charge in [-0.3, -0.25) is 4.79 Å². The van der Waals surface area contributed by atoms with Crippen LogP contribution in [0.2, 0.25) is 0 Å². The number of hydrogen-bond donors (Lipinski definition) is 0. The Morgan fingerprint density at radius 2 is 1.94 bits per heavy atom. The van der Waals surface area contributed by atoms with Gasteiger partial charge in [-0.2, -0.15) is 0 Å². The van der Waals surface area contributed by atoms with Crippen molar-refractivity contribution in [3.63, 3.8) is 0 Å². The molecule has 3 nitrogen and oxygen atoms in total. The van der Waals surface area contributed by atoms with E-state index in [4.69, 9.17) is 11.6 Å². The summed E-state index contributed by atoms with van der Waals surface area (Å²) < 4.78 is 1.70. The molecular weight excluding hydrogens is 248 g/mol. The molecule has 0 aliphatic heterocycles. The molecule has 0 N–H and O–H groups in total. The molecular formula is C14H15ClN2O. The average Bonchev–Trinajstić information content (AvgIpc) is 2.42. The number of nitrogens with zero attached hydrogens (tertiary/aromatic N) is 2. The molecule has 0 unspecified atom stereocenters. The minimum absolute atomic E-state index is 0.0433. The summed E-state index contributed by atoms with van der Waals surface area (Å²) in [6, 6.07) is 9.52. The number of hydrogen-bond acceptors (Lipinski definition) is 2. The first-order valence-electron chi connectivity index (χ1n) is 6.00. The van der Waals surface area contributed by atoms with E-state index in [-0.39, 0.29) is 5.56 Å². The third-order valence-electron chi connectivity index (χ3n) is 2.74. The largest absolute Gasteiger partial charge is 0.312 e. The van der Waals surface area contributed by atoms with Gasteiger partial charge in [0.15, 0.2) is 0 Å². The van der Waals surface area contributed by atoms with Gasteiger partial charge in [0.2, 0.25) is 0 Å². The molecule has 4 heteroatoms. The maximum absolute atomic E-state index is 12.2. The van der Waals surface area contributed by atoms with Crippen LogP contribution in [0.15, 0.2) is 47.5 Å². The van der Waals surface area contributed by atoms with Crippen LogP contribution in [0.3, 0.4) is 0 Å². The highest BCUT2D eigenvalue weighted by molar-refractivity contribution is 6.17. The molecule has 0 aliphatic rings. The molecule has 1 heterocycles. The van der Waals surface area contributed by atoms with Gasteiger partial charge in [-0.25, -0.2) is 4.98 Å². The van der Waals surface area contributed by atoms with Gasteiger partial charge >= 0.3 is 0 Å². The lowest BCUT2D eigenvalue weighted by Gasteiger charge is -2.06. The molecule has 0 fully saturated rings. The summed E-state index contributed by atoms with van der Waals surface area (Å²) in [6.07, 6.45) is 5.21. The van der Waals surface area contributed by atoms with Crippen LogP contribution in [0, 0.1) is 0 Å². The zero-order valence-corrected chi connectivity index (χ0v) is 10.8. The summed E-state index contributed by atoms with van der Waals surface area (Å²) in [5.41, 5.74) is 1.32. The van der Waals surface area contributed by atoms with Gasteiger partial charge in [-0.1, -0.05) is 30.3 Å². The van der Waals surface area contributed by atoms with Crippen LogP contribution in [0.5, 0.6) is 0 Å². The Balaban J connectivity index is 2.28. The Morgan fingerprint density at radius 1 is 1.17 bits per heavy atom. The minimum Gasteiger partial charge on any atom is -0.312 e. The lowest BCUT2D eigenvalue weighted by Crippen LogP contribution is -2.22. The standard InChI is InChI=1S/C14H15ClN2O/c15-8-4-5-10-17-11-9-16-13(14(17)18)12-6-2-1-3-7-12/h1-3,6-7,9,11H,4-5,8,10H2. The predicted molar refractivity (Wildman–Crippen MR) is 73.9 cm³/mol. The average molecular weight is 263 g/mol. The molecule has 0 amide bonds. The molecule has 94 valence electrons. The molecule has 0 aliphatic carbocycles. The first-order chi connectivity index (χ1) is 8.83. The fourth-order valence-electron chi connectivity index (χ4n) is 1.79. The number of benzene rings is 1. The lowest BCUT2D eigenvalue weighted by molar-refractivity contribution is 0.612. The Kier molecular flexibility index (Phi) is 4.53. The van der Waals surface area contributed by atoms with E-state index in [2.05, 4.69) is 4.98 Å². The number of rotatable bonds is 5. The molecule has 0 saturated carbocycles. The van der Waals surface area contributed by atoms with E-state index in [1.165, 1.54) is 0 Å². The molecule has 0 radical (unpaired) electrons. The van der Waals surface area contributed by atoms with Crippen molar-refractivity contribution in [2.75, 3.05) is 5.88 Å². The summed E-state index contributed by atoms with van der Waals surface area (Å²) in [5, 5.41) is 0. The Morgan fingerprint density at radius 3 is 2.67 bits per heavy atom. The summed E-state index contributed by atoms with van der Waals surface area (Å²) in [7, 11) is 0. The van der Waals surface area contributed by atoms with E-state index in [9.17, 15) is 4.79 Å². The van der Waals surface area contributed by atoms with Crippen molar-refractivity contribution in [3.05, 3.63) is 53.1 Å². The van der Waals surface area contributed by atoms with Crippen molar-refractivity contribution >= 4 is 11.6 Å². The highest BCUT2D eigenvalue weighted by Crippen LogP contribution is 2.11. The van der Waals surface area contributed by atoms with Crippen LogP contribution in [0.4, 0.5) is 0 Å². The number of halogens is 1. The van der Waals surface area contributed by atoms with Crippen molar-refractivity contribution in [2.45, 2.75) is 19.4 Å². The van der Waals surface area contributed by atoms with Crippen LogP contribution in [-0.2, 0) is 6.54 Å². The predicted octanol–water partition coefficient (Wildman–Crippen LogP) is 2.93. The van der Waals surface area contributed by atoms with E-state index in [1.54, 1.807) is 17.0 Å². The second-order valence-corrected chi connectivity index (χ2v) is 4.41. The zero-order valence-electron chi connectivity index (χ0n) is 10.1. The fourth-order valence-corrected chi connectivity index (χ4v) is 1.98. The number of aryl methyl sites for hydroxylation is 1. The van der Waals surface area contributed by atoms with Gasteiger partial charge in [-0.15, -0.1) is 11.6 Å². The Labute approximate surface area is 111 Å². The van der Waals surface area contributed by atoms with E-state index in [1.807, 2.05) is 30.3 Å². The highest BCUT2D eigenvalue weighted by atomic mass is 35.5. The maximum atomic E-state index is 12.2. The molecule has 0 spiro atoms. The summed E-state index contributed by atoms with van der Waals surface area (Å²) in [4.78, 5) is 16.4. The van der Waals surface area contributed by atoms with E-state index in [0.29, 0.717) is 18.1 Å². The minimum atomic E-state index is -0.0433. The Hall–Kier alpha value is -1.61. The second kappa shape index (κ2) is 6.36. The molecule has 1 aromatic heterocycles. The number of aromatic nitrogens is 2. The molecule has 0 atom stereocenters. The first kappa shape index (κ1) is 12.8. The number of unbranched alkanes of at least 4 members (excludes halogenated alkanes) is 1. The van der Waals surface area contributed by atoms with Crippen molar-refractivity contribution < 1.29 is 0 Å². The van der Waals surface area contributed by atoms with Gasteiger partial charge < -0.3 is 4.57 Å². The summed E-state index contributed by atoms with van der Waals surface area (Å²) in [5.74, 6) is 0.630. The van der Waals surface area contributed by atoms with Crippen molar-refractivity contribution in [1.29, 1.82) is 0 Å². The van der Waals surface area contributed by atoms with Crippen molar-refractivity contribution in [1.82, 2.24) is 9.55 Å².